The van der Waals surface area contributed by atoms with E-state index in [-0.39, 0.29) is 0 Å². The molecule has 0 spiro atoms. The zero-order valence-corrected chi connectivity index (χ0v) is 13.1. The Labute approximate surface area is 115 Å². The number of H-pyrrole nitrogens is 1. The Morgan fingerprint density at radius 2 is 2.17 bits per heavy atom. The molecule has 1 aliphatic carbocycles. The second-order valence-corrected chi connectivity index (χ2v) is 7.57. The van der Waals surface area contributed by atoms with Gasteiger partial charge in [-0.3, -0.25) is 0 Å². The summed E-state index contributed by atoms with van der Waals surface area (Å²) in [5.74, 6) is 3.24. The lowest BCUT2D eigenvalue weighted by Gasteiger charge is -2.48. The largest absolute Gasteiger partial charge is 0.348 e. The van der Waals surface area contributed by atoms with E-state index in [1.165, 1.54) is 18.7 Å². The number of nitrogens with one attached hydrogen (secondary N) is 1. The minimum Gasteiger partial charge on any atom is -0.348 e. The summed E-state index contributed by atoms with van der Waals surface area (Å²) in [7, 11) is 0. The van der Waals surface area contributed by atoms with Crippen molar-refractivity contribution in [1.29, 1.82) is 0 Å². The molecule has 1 aliphatic rings. The Balaban J connectivity index is 2.37. The van der Waals surface area contributed by atoms with Crippen LogP contribution in [-0.2, 0) is 0 Å². The topological polar surface area (TPSA) is 28.7 Å². The average Bonchev–Trinajstić information content (AvgIpc) is 2.80. The summed E-state index contributed by atoms with van der Waals surface area (Å²) in [5, 5.41) is 0.657. The van der Waals surface area contributed by atoms with Crippen molar-refractivity contribution >= 4 is 11.8 Å². The van der Waals surface area contributed by atoms with Crippen LogP contribution in [0.15, 0.2) is 12.4 Å². The molecule has 0 bridgehead atoms. The lowest BCUT2D eigenvalue weighted by molar-refractivity contribution is 0.137. The lowest BCUT2D eigenvalue weighted by Crippen LogP contribution is -2.42. The number of nitrogens with zero attached hydrogens (tertiary/aromatic N) is 1. The van der Waals surface area contributed by atoms with Crippen molar-refractivity contribution in [2.45, 2.75) is 51.7 Å². The Morgan fingerprint density at radius 3 is 2.67 bits per heavy atom. The van der Waals surface area contributed by atoms with Crippen molar-refractivity contribution in [2.24, 2.45) is 17.3 Å². The van der Waals surface area contributed by atoms with E-state index < -0.39 is 0 Å². The quantitative estimate of drug-likeness (QED) is 0.882. The van der Waals surface area contributed by atoms with Gasteiger partial charge in [0.1, 0.15) is 5.82 Å². The van der Waals surface area contributed by atoms with Crippen molar-refractivity contribution in [1.82, 2.24) is 9.97 Å². The molecule has 0 saturated heterocycles. The highest BCUT2D eigenvalue weighted by molar-refractivity contribution is 7.99. The molecule has 3 atom stereocenters. The third-order valence-electron chi connectivity index (χ3n) is 4.63. The normalized spacial score (nSPS) is 31.8. The summed E-state index contributed by atoms with van der Waals surface area (Å²) in [4.78, 5) is 7.94. The third-order valence-corrected chi connectivity index (χ3v) is 6.06. The molecule has 0 amide bonds. The van der Waals surface area contributed by atoms with Gasteiger partial charge < -0.3 is 4.98 Å². The van der Waals surface area contributed by atoms with Gasteiger partial charge in [-0.15, -0.1) is 0 Å². The van der Waals surface area contributed by atoms with Crippen molar-refractivity contribution in [3.05, 3.63) is 18.2 Å². The number of aromatic amines is 1. The number of aromatic nitrogens is 2. The number of hydrogen-bond donors (Lipinski definition) is 1. The zero-order valence-electron chi connectivity index (χ0n) is 12.2. The standard InChI is InChI=1S/C15H26N2S/c1-10(2)11-6-7-15(3,4)13(18-5)12(11)14-16-8-9-17-14/h8-13H,6-7H2,1-5H3,(H,16,17). The van der Waals surface area contributed by atoms with Gasteiger partial charge in [-0.05, 0) is 36.3 Å². The molecule has 1 fully saturated rings. The SMILES string of the molecule is CSC1C(c2ncc[nH]2)C(C(C)C)CCC1(C)C. The first kappa shape index (κ1) is 14.0. The van der Waals surface area contributed by atoms with E-state index in [0.29, 0.717) is 16.6 Å². The predicted molar refractivity (Wildman–Crippen MR) is 80.0 cm³/mol. The molecule has 0 aliphatic heterocycles. The Kier molecular flexibility index (Phi) is 4.10. The highest BCUT2D eigenvalue weighted by atomic mass is 32.2. The van der Waals surface area contributed by atoms with Crippen LogP contribution in [0.25, 0.3) is 0 Å². The first-order valence-corrected chi connectivity index (χ1v) is 8.28. The molecule has 1 heterocycles. The maximum Gasteiger partial charge on any atom is 0.110 e. The van der Waals surface area contributed by atoms with Gasteiger partial charge in [-0.1, -0.05) is 27.7 Å². The van der Waals surface area contributed by atoms with E-state index in [4.69, 9.17) is 0 Å². The molecule has 18 heavy (non-hydrogen) atoms. The first-order valence-electron chi connectivity index (χ1n) is 6.99. The Morgan fingerprint density at radius 1 is 1.44 bits per heavy atom. The lowest BCUT2D eigenvalue weighted by atomic mass is 9.63. The molecule has 102 valence electrons. The fourth-order valence-electron chi connectivity index (χ4n) is 3.59. The summed E-state index contributed by atoms with van der Waals surface area (Å²) in [5.41, 5.74) is 0.405. The predicted octanol–water partition coefficient (Wildman–Crippen LogP) is 4.32. The van der Waals surface area contributed by atoms with Crippen LogP contribution in [0.2, 0.25) is 0 Å². The highest BCUT2D eigenvalue weighted by Gasteiger charge is 2.46. The van der Waals surface area contributed by atoms with Crippen molar-refractivity contribution in [2.75, 3.05) is 6.26 Å². The molecule has 1 aromatic heterocycles. The van der Waals surface area contributed by atoms with Crippen LogP contribution in [0.5, 0.6) is 0 Å². The molecule has 1 aromatic rings. The molecule has 3 heteroatoms. The van der Waals surface area contributed by atoms with Crippen molar-refractivity contribution < 1.29 is 0 Å². The molecule has 2 nitrogen and oxygen atoms in total. The fourth-order valence-corrected chi connectivity index (χ4v) is 4.97. The van der Waals surface area contributed by atoms with E-state index in [2.05, 4.69) is 43.9 Å². The van der Waals surface area contributed by atoms with Gasteiger partial charge in [0.25, 0.3) is 0 Å². The average molecular weight is 266 g/mol. The molecular weight excluding hydrogens is 240 g/mol. The fraction of sp³-hybridized carbons (Fsp3) is 0.800. The van der Waals surface area contributed by atoms with Crippen LogP contribution in [0, 0.1) is 17.3 Å². The number of imidazole rings is 1. The van der Waals surface area contributed by atoms with Crippen LogP contribution in [0.1, 0.15) is 52.3 Å². The summed E-state index contributed by atoms with van der Waals surface area (Å²) >= 11 is 2.02. The van der Waals surface area contributed by atoms with Crippen LogP contribution < -0.4 is 0 Å². The second-order valence-electron chi connectivity index (χ2n) is 6.59. The van der Waals surface area contributed by atoms with Crippen LogP contribution in [-0.4, -0.2) is 21.5 Å². The maximum atomic E-state index is 4.57. The van der Waals surface area contributed by atoms with E-state index in [1.54, 1.807) is 0 Å². The number of thioether (sulfide) groups is 1. The summed E-state index contributed by atoms with van der Waals surface area (Å²) in [6.45, 7) is 9.55. The van der Waals surface area contributed by atoms with Crippen molar-refractivity contribution in [3.63, 3.8) is 0 Å². The van der Waals surface area contributed by atoms with Crippen LogP contribution in [0.4, 0.5) is 0 Å². The number of rotatable bonds is 3. The summed E-state index contributed by atoms with van der Waals surface area (Å²) in [6, 6.07) is 0. The van der Waals surface area contributed by atoms with Gasteiger partial charge in [0.15, 0.2) is 0 Å². The van der Waals surface area contributed by atoms with Gasteiger partial charge in [-0.2, -0.15) is 11.8 Å². The van der Waals surface area contributed by atoms with Gasteiger partial charge in [0.05, 0.1) is 0 Å². The van der Waals surface area contributed by atoms with Gasteiger partial charge in [0, 0.05) is 23.6 Å². The van der Waals surface area contributed by atoms with E-state index in [1.807, 2.05) is 24.2 Å². The molecule has 1 saturated carbocycles. The van der Waals surface area contributed by atoms with E-state index in [9.17, 15) is 0 Å². The minimum atomic E-state index is 0.405. The minimum absolute atomic E-state index is 0.405. The molecular formula is C15H26N2S. The van der Waals surface area contributed by atoms with Crippen LogP contribution in [0.3, 0.4) is 0 Å². The maximum absolute atomic E-state index is 4.57. The van der Waals surface area contributed by atoms with Crippen LogP contribution >= 0.6 is 11.8 Å². The smallest absolute Gasteiger partial charge is 0.110 e. The summed E-state index contributed by atoms with van der Waals surface area (Å²) < 4.78 is 0. The number of hydrogen-bond acceptors (Lipinski definition) is 2. The van der Waals surface area contributed by atoms with Gasteiger partial charge in [0.2, 0.25) is 0 Å². The monoisotopic (exact) mass is 266 g/mol. The first-order chi connectivity index (χ1) is 8.47. The second kappa shape index (κ2) is 5.28. The highest BCUT2D eigenvalue weighted by Crippen LogP contribution is 2.52. The Hall–Kier alpha value is -0.440. The molecule has 3 unspecified atom stereocenters. The Bertz CT molecular complexity index is 370. The molecule has 0 radical (unpaired) electrons. The molecule has 0 aromatic carbocycles. The molecule has 1 N–H and O–H groups in total. The zero-order chi connectivity index (χ0) is 13.3. The van der Waals surface area contributed by atoms with Gasteiger partial charge in [-0.25, -0.2) is 4.98 Å². The van der Waals surface area contributed by atoms with E-state index >= 15 is 0 Å². The summed E-state index contributed by atoms with van der Waals surface area (Å²) in [6.07, 6.45) is 8.77. The molecule has 2 rings (SSSR count). The third kappa shape index (κ3) is 2.47. The van der Waals surface area contributed by atoms with E-state index in [0.717, 1.165) is 11.8 Å². The van der Waals surface area contributed by atoms with Gasteiger partial charge >= 0.3 is 0 Å². The van der Waals surface area contributed by atoms with Crippen molar-refractivity contribution in [3.8, 4) is 0 Å².